The Labute approximate surface area is 114 Å². The van der Waals surface area contributed by atoms with Crippen LogP contribution in [-0.2, 0) is 6.61 Å². The van der Waals surface area contributed by atoms with E-state index in [9.17, 15) is 13.6 Å². The number of nitrogen functional groups attached to an aromatic ring is 1. The van der Waals surface area contributed by atoms with Crippen molar-refractivity contribution < 1.29 is 18.3 Å². The molecule has 0 atom stereocenters. The van der Waals surface area contributed by atoms with Gasteiger partial charge in [-0.25, -0.2) is 8.78 Å². The van der Waals surface area contributed by atoms with Crippen LogP contribution in [-0.4, -0.2) is 5.91 Å². The summed E-state index contributed by atoms with van der Waals surface area (Å²) >= 11 is 0. The highest BCUT2D eigenvalue weighted by Crippen LogP contribution is 2.22. The number of hydrogen-bond donors (Lipinski definition) is 2. The third-order valence-electron chi connectivity index (χ3n) is 2.65. The number of rotatable bonds is 4. The highest BCUT2D eigenvalue weighted by molar-refractivity contribution is 5.96. The first kappa shape index (κ1) is 13.8. The summed E-state index contributed by atoms with van der Waals surface area (Å²) in [5.41, 5.74) is 11.8. The molecular weight excluding hydrogens is 266 g/mol. The molecule has 0 aliphatic rings. The van der Waals surface area contributed by atoms with Crippen LogP contribution in [0.2, 0.25) is 0 Å². The number of amides is 1. The molecule has 0 heterocycles. The van der Waals surface area contributed by atoms with Crippen LogP contribution >= 0.6 is 0 Å². The van der Waals surface area contributed by atoms with E-state index in [1.165, 1.54) is 24.3 Å². The predicted octanol–water partition coefficient (Wildman–Crippen LogP) is 2.22. The van der Waals surface area contributed by atoms with Crippen molar-refractivity contribution in [2.24, 2.45) is 5.73 Å². The molecule has 104 valence electrons. The highest BCUT2D eigenvalue weighted by Gasteiger charge is 2.10. The lowest BCUT2D eigenvalue weighted by Crippen LogP contribution is -2.13. The van der Waals surface area contributed by atoms with Crippen molar-refractivity contribution in [2.45, 2.75) is 6.61 Å². The van der Waals surface area contributed by atoms with Crippen molar-refractivity contribution in [1.82, 2.24) is 0 Å². The number of carbonyl (C=O) groups is 1. The maximum absolute atomic E-state index is 13.1. The fourth-order valence-electron chi connectivity index (χ4n) is 1.65. The molecule has 2 aromatic carbocycles. The second-order valence-electron chi connectivity index (χ2n) is 4.16. The number of hydrogen-bond acceptors (Lipinski definition) is 3. The molecule has 0 fully saturated rings. The fraction of sp³-hybridized carbons (Fsp3) is 0.0714. The lowest BCUT2D eigenvalue weighted by atomic mass is 10.1. The zero-order valence-corrected chi connectivity index (χ0v) is 10.4. The van der Waals surface area contributed by atoms with E-state index in [4.69, 9.17) is 16.2 Å². The van der Waals surface area contributed by atoms with Gasteiger partial charge in [0.25, 0.3) is 5.91 Å². The number of ether oxygens (including phenoxy) is 1. The zero-order valence-electron chi connectivity index (χ0n) is 10.4. The van der Waals surface area contributed by atoms with Crippen molar-refractivity contribution in [3.63, 3.8) is 0 Å². The number of carbonyl (C=O) groups excluding carboxylic acids is 1. The summed E-state index contributed by atoms with van der Waals surface area (Å²) in [6.07, 6.45) is 0. The molecule has 4 N–H and O–H groups in total. The van der Waals surface area contributed by atoms with E-state index in [0.29, 0.717) is 11.3 Å². The van der Waals surface area contributed by atoms with Gasteiger partial charge in [0.15, 0.2) is 11.6 Å². The molecule has 2 aromatic rings. The molecule has 20 heavy (non-hydrogen) atoms. The Morgan fingerprint density at radius 1 is 1.10 bits per heavy atom. The molecular formula is C14H12F2N2O2. The molecule has 0 aliphatic carbocycles. The third kappa shape index (κ3) is 3.03. The van der Waals surface area contributed by atoms with Crippen molar-refractivity contribution in [3.8, 4) is 5.75 Å². The Morgan fingerprint density at radius 3 is 2.50 bits per heavy atom. The molecule has 0 saturated carbocycles. The van der Waals surface area contributed by atoms with Gasteiger partial charge in [-0.3, -0.25) is 4.79 Å². The molecule has 0 aromatic heterocycles. The maximum atomic E-state index is 13.1. The van der Waals surface area contributed by atoms with Gasteiger partial charge in [0.2, 0.25) is 0 Å². The molecule has 4 nitrogen and oxygen atoms in total. The average molecular weight is 278 g/mol. The van der Waals surface area contributed by atoms with E-state index in [0.717, 1.165) is 12.1 Å². The highest BCUT2D eigenvalue weighted by atomic mass is 19.2. The Morgan fingerprint density at radius 2 is 1.85 bits per heavy atom. The number of halogens is 2. The maximum Gasteiger partial charge on any atom is 0.252 e. The lowest BCUT2D eigenvalue weighted by molar-refractivity contribution is 0.0996. The quantitative estimate of drug-likeness (QED) is 0.842. The van der Waals surface area contributed by atoms with Crippen LogP contribution < -0.4 is 16.2 Å². The summed E-state index contributed by atoms with van der Waals surface area (Å²) < 4.78 is 31.2. The number of benzene rings is 2. The van der Waals surface area contributed by atoms with E-state index in [1.807, 2.05) is 0 Å². The van der Waals surface area contributed by atoms with E-state index in [1.54, 1.807) is 0 Å². The van der Waals surface area contributed by atoms with Crippen LogP contribution in [0.3, 0.4) is 0 Å². The number of anilines is 1. The van der Waals surface area contributed by atoms with Crippen molar-refractivity contribution >= 4 is 11.6 Å². The third-order valence-corrected chi connectivity index (χ3v) is 2.65. The Kier molecular flexibility index (Phi) is 3.84. The van der Waals surface area contributed by atoms with E-state index in [-0.39, 0.29) is 17.9 Å². The van der Waals surface area contributed by atoms with Crippen LogP contribution in [0, 0.1) is 11.6 Å². The van der Waals surface area contributed by atoms with Gasteiger partial charge in [0.1, 0.15) is 12.4 Å². The van der Waals surface area contributed by atoms with Gasteiger partial charge in [-0.2, -0.15) is 0 Å². The summed E-state index contributed by atoms with van der Waals surface area (Å²) in [5, 5.41) is 0. The normalized spacial score (nSPS) is 10.3. The molecule has 2 rings (SSSR count). The predicted molar refractivity (Wildman–Crippen MR) is 70.1 cm³/mol. The number of nitrogens with two attached hydrogens (primary N) is 2. The zero-order chi connectivity index (χ0) is 14.7. The molecule has 0 spiro atoms. The second kappa shape index (κ2) is 5.56. The molecule has 0 unspecified atom stereocenters. The van der Waals surface area contributed by atoms with Crippen molar-refractivity contribution in [2.75, 3.05) is 5.73 Å². The van der Waals surface area contributed by atoms with Crippen molar-refractivity contribution in [1.29, 1.82) is 0 Å². The van der Waals surface area contributed by atoms with Gasteiger partial charge in [-0.1, -0.05) is 6.07 Å². The van der Waals surface area contributed by atoms with Gasteiger partial charge in [0.05, 0.1) is 5.56 Å². The second-order valence-corrected chi connectivity index (χ2v) is 4.16. The van der Waals surface area contributed by atoms with Gasteiger partial charge in [0, 0.05) is 11.8 Å². The van der Waals surface area contributed by atoms with Gasteiger partial charge >= 0.3 is 0 Å². The summed E-state index contributed by atoms with van der Waals surface area (Å²) in [4.78, 5) is 11.2. The molecule has 6 heteroatoms. The Bertz CT molecular complexity index is 660. The van der Waals surface area contributed by atoms with Crippen LogP contribution in [0.25, 0.3) is 0 Å². The first-order valence-electron chi connectivity index (χ1n) is 5.73. The van der Waals surface area contributed by atoms with Crippen LogP contribution in [0.5, 0.6) is 5.75 Å². The van der Waals surface area contributed by atoms with E-state index in [2.05, 4.69) is 0 Å². The van der Waals surface area contributed by atoms with E-state index < -0.39 is 17.5 Å². The molecule has 0 radical (unpaired) electrons. The molecule has 0 saturated heterocycles. The Hall–Kier alpha value is -2.63. The SMILES string of the molecule is NC(=O)c1ccc(N)cc1OCc1ccc(F)c(F)c1. The summed E-state index contributed by atoms with van der Waals surface area (Å²) in [7, 11) is 0. The average Bonchev–Trinajstić information content (AvgIpc) is 2.40. The topological polar surface area (TPSA) is 78.3 Å². The molecule has 0 aliphatic heterocycles. The minimum Gasteiger partial charge on any atom is -0.488 e. The largest absolute Gasteiger partial charge is 0.488 e. The first-order valence-corrected chi connectivity index (χ1v) is 5.73. The van der Waals surface area contributed by atoms with Crippen LogP contribution in [0.4, 0.5) is 14.5 Å². The summed E-state index contributed by atoms with van der Waals surface area (Å²) in [6, 6.07) is 7.81. The summed E-state index contributed by atoms with van der Waals surface area (Å²) in [5.74, 6) is -2.36. The fourth-order valence-corrected chi connectivity index (χ4v) is 1.65. The lowest BCUT2D eigenvalue weighted by Gasteiger charge is -2.10. The van der Waals surface area contributed by atoms with Crippen molar-refractivity contribution in [3.05, 3.63) is 59.2 Å². The Balaban J connectivity index is 2.20. The van der Waals surface area contributed by atoms with Gasteiger partial charge < -0.3 is 16.2 Å². The molecule has 1 amide bonds. The van der Waals surface area contributed by atoms with E-state index >= 15 is 0 Å². The molecule has 0 bridgehead atoms. The minimum absolute atomic E-state index is 0.0407. The van der Waals surface area contributed by atoms with Gasteiger partial charge in [-0.05, 0) is 29.8 Å². The minimum atomic E-state index is -0.964. The number of primary amides is 1. The smallest absolute Gasteiger partial charge is 0.252 e. The van der Waals surface area contributed by atoms with Crippen LogP contribution in [0.1, 0.15) is 15.9 Å². The van der Waals surface area contributed by atoms with Gasteiger partial charge in [-0.15, -0.1) is 0 Å². The first-order chi connectivity index (χ1) is 9.47. The monoisotopic (exact) mass is 278 g/mol. The summed E-state index contributed by atoms with van der Waals surface area (Å²) in [6.45, 7) is -0.0407. The van der Waals surface area contributed by atoms with Crippen LogP contribution in [0.15, 0.2) is 36.4 Å². The standard InChI is InChI=1S/C14H12F2N2O2/c15-11-4-1-8(5-12(11)16)7-20-13-6-9(17)2-3-10(13)14(18)19/h1-6H,7,17H2,(H2,18,19).